The molecule has 1 heterocycles. The summed E-state index contributed by atoms with van der Waals surface area (Å²) in [6.45, 7) is 0.394. The maximum atomic E-state index is 13.7. The molecule has 4 rings (SSSR count). The minimum atomic E-state index is -0.460. The fourth-order valence-corrected chi connectivity index (χ4v) is 3.02. The average Bonchev–Trinajstić information content (AvgIpc) is 2.67. The second-order valence-corrected chi connectivity index (χ2v) is 6.06. The van der Waals surface area contributed by atoms with Gasteiger partial charge in [0.15, 0.2) is 0 Å². The molecule has 0 bridgehead atoms. The number of aromatic nitrogens is 2. The number of nitrogen functional groups attached to an aromatic ring is 1. The molecule has 0 saturated heterocycles. The van der Waals surface area contributed by atoms with Gasteiger partial charge in [0.05, 0.1) is 17.6 Å². The molecule has 4 aromatic rings. The number of hydrogen-bond acceptors (Lipinski definition) is 3. The summed E-state index contributed by atoms with van der Waals surface area (Å²) < 4.78 is 15.4. The molecule has 0 fully saturated rings. The van der Waals surface area contributed by atoms with Crippen LogP contribution in [0.2, 0.25) is 0 Å². The van der Waals surface area contributed by atoms with Crippen LogP contribution in [-0.4, -0.2) is 9.55 Å². The van der Waals surface area contributed by atoms with Crippen LogP contribution in [0.5, 0.6) is 0 Å². The zero-order valence-corrected chi connectivity index (χ0v) is 13.9. The van der Waals surface area contributed by atoms with Gasteiger partial charge in [-0.1, -0.05) is 42.5 Å². The van der Waals surface area contributed by atoms with Crippen LogP contribution in [0.25, 0.3) is 22.3 Å². The number of hydrogen-bond donors (Lipinski definition) is 1. The minimum Gasteiger partial charge on any atom is -0.398 e. The van der Waals surface area contributed by atoms with Gasteiger partial charge in [0.1, 0.15) is 11.5 Å². The third kappa shape index (κ3) is 2.84. The Kier molecular flexibility index (Phi) is 3.97. The molecule has 0 spiro atoms. The average molecular weight is 345 g/mol. The first-order valence-corrected chi connectivity index (χ1v) is 8.22. The highest BCUT2D eigenvalue weighted by Gasteiger charge is 2.15. The van der Waals surface area contributed by atoms with Crippen molar-refractivity contribution in [2.24, 2.45) is 0 Å². The summed E-state index contributed by atoms with van der Waals surface area (Å²) in [6, 6.07) is 21.1. The maximum Gasteiger partial charge on any atom is 0.277 e. The second-order valence-electron chi connectivity index (χ2n) is 6.06. The number of nitrogens with zero attached hydrogens (tertiary/aromatic N) is 2. The van der Waals surface area contributed by atoms with Gasteiger partial charge in [-0.2, -0.15) is 0 Å². The standard InChI is InChI=1S/C21H16FN3O/c22-15-10-11-17(23)16(12-15)20-21(26)25(13-14-6-2-1-3-7-14)19-9-5-4-8-18(19)24-20/h1-12H,13,23H2. The van der Waals surface area contributed by atoms with Crippen LogP contribution in [0.15, 0.2) is 77.6 Å². The van der Waals surface area contributed by atoms with Crippen molar-refractivity contribution in [2.45, 2.75) is 6.54 Å². The SMILES string of the molecule is Nc1ccc(F)cc1-c1nc2ccccc2n(Cc2ccccc2)c1=O. The molecule has 0 aliphatic carbocycles. The first-order valence-electron chi connectivity index (χ1n) is 8.22. The van der Waals surface area contributed by atoms with E-state index in [2.05, 4.69) is 4.98 Å². The van der Waals surface area contributed by atoms with Crippen molar-refractivity contribution >= 4 is 16.7 Å². The van der Waals surface area contributed by atoms with Crippen LogP contribution in [0.4, 0.5) is 10.1 Å². The molecule has 128 valence electrons. The zero-order valence-electron chi connectivity index (χ0n) is 13.9. The summed E-state index contributed by atoms with van der Waals surface area (Å²) in [6.07, 6.45) is 0. The number of anilines is 1. The van der Waals surface area contributed by atoms with Gasteiger partial charge >= 0.3 is 0 Å². The van der Waals surface area contributed by atoms with Crippen molar-refractivity contribution < 1.29 is 4.39 Å². The van der Waals surface area contributed by atoms with E-state index in [1.807, 2.05) is 54.6 Å². The van der Waals surface area contributed by atoms with E-state index in [0.29, 0.717) is 23.3 Å². The van der Waals surface area contributed by atoms with Crippen LogP contribution in [0.3, 0.4) is 0 Å². The van der Waals surface area contributed by atoms with Crippen molar-refractivity contribution in [3.63, 3.8) is 0 Å². The summed E-state index contributed by atoms with van der Waals surface area (Å²) in [4.78, 5) is 17.6. The van der Waals surface area contributed by atoms with E-state index in [1.165, 1.54) is 18.2 Å². The van der Waals surface area contributed by atoms with Crippen molar-refractivity contribution in [3.8, 4) is 11.3 Å². The van der Waals surface area contributed by atoms with E-state index >= 15 is 0 Å². The van der Waals surface area contributed by atoms with E-state index in [9.17, 15) is 9.18 Å². The Morgan fingerprint density at radius 3 is 2.50 bits per heavy atom. The molecule has 0 amide bonds. The number of benzene rings is 3. The quantitative estimate of drug-likeness (QED) is 0.574. The number of halogens is 1. The first-order chi connectivity index (χ1) is 12.6. The first kappa shape index (κ1) is 16.0. The highest BCUT2D eigenvalue weighted by molar-refractivity contribution is 5.81. The molecular formula is C21H16FN3O. The molecule has 26 heavy (non-hydrogen) atoms. The molecule has 2 N–H and O–H groups in total. The van der Waals surface area contributed by atoms with E-state index in [-0.39, 0.29) is 11.3 Å². The van der Waals surface area contributed by atoms with Gasteiger partial charge in [0.2, 0.25) is 0 Å². The molecule has 0 atom stereocenters. The van der Waals surface area contributed by atoms with Gasteiger partial charge < -0.3 is 10.3 Å². The summed E-state index contributed by atoms with van der Waals surface area (Å²) >= 11 is 0. The monoisotopic (exact) mass is 345 g/mol. The Balaban J connectivity index is 2.00. The molecule has 3 aromatic carbocycles. The Labute approximate surface area is 149 Å². The third-order valence-corrected chi connectivity index (χ3v) is 4.31. The topological polar surface area (TPSA) is 60.9 Å². The highest BCUT2D eigenvalue weighted by Crippen LogP contribution is 2.24. The van der Waals surface area contributed by atoms with Crippen molar-refractivity contribution in [1.82, 2.24) is 9.55 Å². The number of rotatable bonds is 3. The van der Waals surface area contributed by atoms with E-state index in [4.69, 9.17) is 5.73 Å². The van der Waals surface area contributed by atoms with Crippen molar-refractivity contribution in [3.05, 3.63) is 94.5 Å². The van der Waals surface area contributed by atoms with Crippen molar-refractivity contribution in [2.75, 3.05) is 5.73 Å². The largest absolute Gasteiger partial charge is 0.398 e. The molecular weight excluding hydrogens is 329 g/mol. The van der Waals surface area contributed by atoms with Gasteiger partial charge in [-0.25, -0.2) is 9.37 Å². The maximum absolute atomic E-state index is 13.7. The van der Waals surface area contributed by atoms with Gasteiger partial charge in [0, 0.05) is 11.3 Å². The minimum absolute atomic E-state index is 0.150. The molecule has 0 aliphatic rings. The summed E-state index contributed by atoms with van der Waals surface area (Å²) in [7, 11) is 0. The number of fused-ring (bicyclic) bond motifs is 1. The van der Waals surface area contributed by atoms with Gasteiger partial charge in [-0.05, 0) is 35.9 Å². The third-order valence-electron chi connectivity index (χ3n) is 4.31. The Bertz CT molecular complexity index is 1150. The summed E-state index contributed by atoms with van der Waals surface area (Å²) in [5.74, 6) is -0.460. The fourth-order valence-electron chi connectivity index (χ4n) is 3.02. The lowest BCUT2D eigenvalue weighted by Crippen LogP contribution is -2.24. The molecule has 1 aromatic heterocycles. The number of nitrogens with two attached hydrogens (primary N) is 1. The predicted molar refractivity (Wildman–Crippen MR) is 101 cm³/mol. The van der Waals surface area contributed by atoms with Crippen LogP contribution in [-0.2, 0) is 6.54 Å². The van der Waals surface area contributed by atoms with E-state index in [0.717, 1.165) is 11.1 Å². The van der Waals surface area contributed by atoms with Gasteiger partial charge in [-0.15, -0.1) is 0 Å². The van der Waals surface area contributed by atoms with Gasteiger partial charge in [-0.3, -0.25) is 4.79 Å². The van der Waals surface area contributed by atoms with Gasteiger partial charge in [0.25, 0.3) is 5.56 Å². The lowest BCUT2D eigenvalue weighted by molar-refractivity contribution is 0.628. The van der Waals surface area contributed by atoms with Crippen LogP contribution < -0.4 is 11.3 Å². The predicted octanol–water partition coefficient (Wildman–Crippen LogP) is 3.83. The zero-order chi connectivity index (χ0) is 18.1. The Morgan fingerprint density at radius 2 is 1.69 bits per heavy atom. The molecule has 5 heteroatoms. The molecule has 0 aliphatic heterocycles. The number of para-hydroxylation sites is 2. The summed E-state index contributed by atoms with van der Waals surface area (Å²) in [5, 5.41) is 0. The van der Waals surface area contributed by atoms with Crippen LogP contribution in [0, 0.1) is 5.82 Å². The summed E-state index contributed by atoms with van der Waals surface area (Å²) in [5.41, 5.74) is 8.82. The smallest absolute Gasteiger partial charge is 0.277 e. The normalized spacial score (nSPS) is 11.0. The fraction of sp³-hybridized carbons (Fsp3) is 0.0476. The van der Waals surface area contributed by atoms with E-state index < -0.39 is 5.82 Å². The molecule has 0 unspecified atom stereocenters. The molecule has 4 nitrogen and oxygen atoms in total. The Morgan fingerprint density at radius 1 is 0.962 bits per heavy atom. The second kappa shape index (κ2) is 6.44. The highest BCUT2D eigenvalue weighted by atomic mass is 19.1. The lowest BCUT2D eigenvalue weighted by atomic mass is 10.1. The lowest BCUT2D eigenvalue weighted by Gasteiger charge is -2.13. The molecule has 0 radical (unpaired) electrons. The van der Waals surface area contributed by atoms with Crippen LogP contribution in [0.1, 0.15) is 5.56 Å². The Hall–Kier alpha value is -3.47. The van der Waals surface area contributed by atoms with Crippen LogP contribution >= 0.6 is 0 Å². The van der Waals surface area contributed by atoms with Crippen molar-refractivity contribution in [1.29, 1.82) is 0 Å². The molecule has 0 saturated carbocycles. The van der Waals surface area contributed by atoms with E-state index in [1.54, 1.807) is 4.57 Å².